The minimum atomic E-state index is 0. The van der Waals surface area contributed by atoms with E-state index in [-0.39, 0.29) is 24.4 Å². The summed E-state index contributed by atoms with van der Waals surface area (Å²) >= 11 is 0. The molecule has 1 aliphatic heterocycles. The second-order valence-corrected chi connectivity index (χ2v) is 6.20. The normalized spacial score (nSPS) is 31.8. The van der Waals surface area contributed by atoms with Crippen molar-refractivity contribution in [2.24, 2.45) is 11.7 Å². The van der Waals surface area contributed by atoms with E-state index in [4.69, 9.17) is 5.73 Å². The van der Waals surface area contributed by atoms with Crippen molar-refractivity contribution in [1.82, 2.24) is 9.80 Å². The van der Waals surface area contributed by atoms with Crippen molar-refractivity contribution in [2.45, 2.75) is 51.1 Å². The van der Waals surface area contributed by atoms with Gasteiger partial charge in [-0.1, -0.05) is 6.92 Å². The molecule has 0 aromatic rings. The lowest BCUT2D eigenvalue weighted by Gasteiger charge is -2.34. The van der Waals surface area contributed by atoms with E-state index in [1.807, 2.05) is 11.9 Å². The molecule has 0 spiro atoms. The largest absolute Gasteiger partial charge is 0.342 e. The summed E-state index contributed by atoms with van der Waals surface area (Å²) < 4.78 is 0. The molecular weight excluding hydrogens is 262 g/mol. The number of likely N-dealkylation sites (N-methyl/N-ethyl adjacent to an activating group) is 1. The molecule has 1 saturated heterocycles. The van der Waals surface area contributed by atoms with Crippen LogP contribution in [0, 0.1) is 5.92 Å². The number of likely N-dealkylation sites (tertiary alicyclic amines) is 1. The molecule has 2 fully saturated rings. The maximum atomic E-state index is 12.2. The highest BCUT2D eigenvalue weighted by atomic mass is 35.5. The smallest absolute Gasteiger partial charge is 0.236 e. The Kier molecular flexibility index (Phi) is 6.57. The summed E-state index contributed by atoms with van der Waals surface area (Å²) in [5.74, 6) is 1.10. The van der Waals surface area contributed by atoms with Crippen LogP contribution in [0.5, 0.6) is 0 Å². The third-order valence-corrected chi connectivity index (χ3v) is 4.59. The molecule has 1 atom stereocenters. The fourth-order valence-corrected chi connectivity index (χ4v) is 3.14. The minimum absolute atomic E-state index is 0. The molecule has 4 nitrogen and oxygen atoms in total. The van der Waals surface area contributed by atoms with E-state index < -0.39 is 0 Å². The first-order valence-electron chi connectivity index (χ1n) is 7.30. The molecular formula is C14H28ClN3O. The Morgan fingerprint density at radius 1 is 1.26 bits per heavy atom. The number of hydrogen-bond acceptors (Lipinski definition) is 3. The average Bonchev–Trinajstić information content (AvgIpc) is 2.75. The summed E-state index contributed by atoms with van der Waals surface area (Å²) in [4.78, 5) is 16.4. The van der Waals surface area contributed by atoms with Gasteiger partial charge in [0.2, 0.25) is 5.91 Å². The van der Waals surface area contributed by atoms with Gasteiger partial charge in [-0.05, 0) is 38.0 Å². The number of carbonyl (C=O) groups is 1. The quantitative estimate of drug-likeness (QED) is 0.856. The molecule has 0 unspecified atom stereocenters. The van der Waals surface area contributed by atoms with Crippen LogP contribution in [0.2, 0.25) is 0 Å². The van der Waals surface area contributed by atoms with E-state index in [2.05, 4.69) is 11.8 Å². The summed E-state index contributed by atoms with van der Waals surface area (Å²) in [7, 11) is 1.97. The van der Waals surface area contributed by atoms with E-state index in [1.165, 1.54) is 25.7 Å². The standard InChI is InChI=1S/C14H27N3O.ClH/c1-11-3-5-13(6-4-11)16(2)14(18)10-17-8-7-12(15)9-17;/h11-13H,3-10,15H2,1-2H3;1H/t11?,12-,13?;/m0./s1. The zero-order chi connectivity index (χ0) is 13.1. The van der Waals surface area contributed by atoms with Crippen LogP contribution in [0.1, 0.15) is 39.0 Å². The molecule has 1 amide bonds. The van der Waals surface area contributed by atoms with Crippen molar-refractivity contribution in [1.29, 1.82) is 0 Å². The number of nitrogens with zero attached hydrogens (tertiary/aromatic N) is 2. The van der Waals surface area contributed by atoms with Crippen molar-refractivity contribution >= 4 is 18.3 Å². The molecule has 2 rings (SSSR count). The Morgan fingerprint density at radius 3 is 2.42 bits per heavy atom. The Bertz CT molecular complexity index is 292. The van der Waals surface area contributed by atoms with Gasteiger partial charge in [0, 0.05) is 32.2 Å². The van der Waals surface area contributed by atoms with Gasteiger partial charge in [-0.2, -0.15) is 0 Å². The molecule has 1 saturated carbocycles. The Hall–Kier alpha value is -0.320. The zero-order valence-corrected chi connectivity index (χ0v) is 13.0. The zero-order valence-electron chi connectivity index (χ0n) is 12.2. The highest BCUT2D eigenvalue weighted by molar-refractivity contribution is 5.85. The predicted molar refractivity (Wildman–Crippen MR) is 80.5 cm³/mol. The van der Waals surface area contributed by atoms with Crippen LogP contribution in [0.25, 0.3) is 0 Å². The summed E-state index contributed by atoms with van der Waals surface area (Å²) in [6, 6.07) is 0.726. The number of amides is 1. The molecule has 5 heteroatoms. The first-order chi connectivity index (χ1) is 8.56. The van der Waals surface area contributed by atoms with E-state index in [9.17, 15) is 4.79 Å². The first kappa shape index (κ1) is 16.7. The molecule has 0 radical (unpaired) electrons. The topological polar surface area (TPSA) is 49.6 Å². The second-order valence-electron chi connectivity index (χ2n) is 6.20. The van der Waals surface area contributed by atoms with Gasteiger partial charge in [0.05, 0.1) is 6.54 Å². The maximum Gasteiger partial charge on any atom is 0.236 e. The van der Waals surface area contributed by atoms with E-state index in [1.54, 1.807) is 0 Å². The molecule has 2 N–H and O–H groups in total. The Morgan fingerprint density at radius 2 is 1.89 bits per heavy atom. The first-order valence-corrected chi connectivity index (χ1v) is 7.30. The molecule has 0 aromatic carbocycles. The van der Waals surface area contributed by atoms with Gasteiger partial charge in [-0.15, -0.1) is 12.4 Å². The molecule has 19 heavy (non-hydrogen) atoms. The van der Waals surface area contributed by atoms with Gasteiger partial charge < -0.3 is 10.6 Å². The van der Waals surface area contributed by atoms with Crippen LogP contribution in [0.4, 0.5) is 0 Å². The number of carbonyl (C=O) groups excluding carboxylic acids is 1. The lowest BCUT2D eigenvalue weighted by Crippen LogP contribution is -2.44. The minimum Gasteiger partial charge on any atom is -0.342 e. The van der Waals surface area contributed by atoms with Crippen molar-refractivity contribution < 1.29 is 4.79 Å². The Balaban J connectivity index is 0.00000180. The number of hydrogen-bond donors (Lipinski definition) is 1. The van der Waals surface area contributed by atoms with Gasteiger partial charge in [-0.3, -0.25) is 9.69 Å². The van der Waals surface area contributed by atoms with Crippen LogP contribution >= 0.6 is 12.4 Å². The number of nitrogens with two attached hydrogens (primary N) is 1. The summed E-state index contributed by atoms with van der Waals surface area (Å²) in [6.45, 7) is 4.71. The number of rotatable bonds is 3. The SMILES string of the molecule is CC1CCC(N(C)C(=O)CN2CC[C@H](N)C2)CC1.Cl. The predicted octanol–water partition coefficient (Wildman–Crippen LogP) is 1.48. The molecule has 1 heterocycles. The Labute approximate surface area is 123 Å². The molecule has 1 aliphatic carbocycles. The van der Waals surface area contributed by atoms with Gasteiger partial charge in [-0.25, -0.2) is 0 Å². The fraction of sp³-hybridized carbons (Fsp3) is 0.929. The van der Waals surface area contributed by atoms with Gasteiger partial charge in [0.25, 0.3) is 0 Å². The lowest BCUT2D eigenvalue weighted by molar-refractivity contribution is -0.133. The van der Waals surface area contributed by atoms with Crippen molar-refractivity contribution in [3.05, 3.63) is 0 Å². The molecule has 0 bridgehead atoms. The summed E-state index contributed by atoms with van der Waals surface area (Å²) in [5.41, 5.74) is 5.87. The highest BCUT2D eigenvalue weighted by Gasteiger charge is 2.27. The average molecular weight is 290 g/mol. The monoisotopic (exact) mass is 289 g/mol. The number of halogens is 1. The van der Waals surface area contributed by atoms with E-state index >= 15 is 0 Å². The van der Waals surface area contributed by atoms with Crippen LogP contribution in [0.3, 0.4) is 0 Å². The van der Waals surface area contributed by atoms with Crippen LogP contribution in [-0.2, 0) is 4.79 Å². The lowest BCUT2D eigenvalue weighted by atomic mass is 9.87. The molecule has 112 valence electrons. The third-order valence-electron chi connectivity index (χ3n) is 4.59. The van der Waals surface area contributed by atoms with Crippen molar-refractivity contribution in [3.63, 3.8) is 0 Å². The van der Waals surface area contributed by atoms with Crippen molar-refractivity contribution in [3.8, 4) is 0 Å². The van der Waals surface area contributed by atoms with E-state index in [0.29, 0.717) is 12.6 Å². The van der Waals surface area contributed by atoms with Crippen molar-refractivity contribution in [2.75, 3.05) is 26.7 Å². The fourth-order valence-electron chi connectivity index (χ4n) is 3.14. The second kappa shape index (κ2) is 7.46. The van der Waals surface area contributed by atoms with Crippen LogP contribution < -0.4 is 5.73 Å². The third kappa shape index (κ3) is 4.62. The van der Waals surface area contributed by atoms with Gasteiger partial charge >= 0.3 is 0 Å². The van der Waals surface area contributed by atoms with Gasteiger partial charge in [0.1, 0.15) is 0 Å². The molecule has 0 aromatic heterocycles. The summed E-state index contributed by atoms with van der Waals surface area (Å²) in [6.07, 6.45) is 5.89. The maximum absolute atomic E-state index is 12.2. The summed E-state index contributed by atoms with van der Waals surface area (Å²) in [5, 5.41) is 0. The van der Waals surface area contributed by atoms with Gasteiger partial charge in [0.15, 0.2) is 0 Å². The highest BCUT2D eigenvalue weighted by Crippen LogP contribution is 2.26. The molecule has 2 aliphatic rings. The van der Waals surface area contributed by atoms with Crippen LogP contribution in [0.15, 0.2) is 0 Å². The van der Waals surface area contributed by atoms with E-state index in [0.717, 1.165) is 25.4 Å². The van der Waals surface area contributed by atoms with Crippen LogP contribution in [-0.4, -0.2) is 54.5 Å².